The first-order valence-corrected chi connectivity index (χ1v) is 9.57. The third-order valence-corrected chi connectivity index (χ3v) is 5.26. The lowest BCUT2D eigenvalue weighted by Crippen LogP contribution is -2.35. The second kappa shape index (κ2) is 7.94. The molecular formula is C23H21FN4O2. The van der Waals surface area contributed by atoms with Crippen LogP contribution in [0.4, 0.5) is 4.39 Å². The molecule has 0 fully saturated rings. The number of H-pyrrole nitrogens is 1. The van der Waals surface area contributed by atoms with Gasteiger partial charge in [0.2, 0.25) is 5.91 Å². The maximum atomic E-state index is 13.5. The highest BCUT2D eigenvalue weighted by Crippen LogP contribution is 2.28. The van der Waals surface area contributed by atoms with E-state index >= 15 is 0 Å². The number of halogens is 1. The molecule has 4 rings (SSSR count). The van der Waals surface area contributed by atoms with Crippen LogP contribution in [0.25, 0.3) is 5.65 Å². The summed E-state index contributed by atoms with van der Waals surface area (Å²) in [6, 6.07) is 16.9. The lowest BCUT2D eigenvalue weighted by atomic mass is 9.96. The van der Waals surface area contributed by atoms with Gasteiger partial charge in [0.15, 0.2) is 5.65 Å². The van der Waals surface area contributed by atoms with E-state index in [2.05, 4.69) is 10.1 Å². The van der Waals surface area contributed by atoms with Crippen LogP contribution in [-0.4, -0.2) is 32.5 Å². The summed E-state index contributed by atoms with van der Waals surface area (Å²) in [6.45, 7) is 1.73. The number of carbonyl (C=O) groups is 1. The number of rotatable bonds is 5. The first kappa shape index (κ1) is 19.6. The van der Waals surface area contributed by atoms with Crippen molar-refractivity contribution in [3.05, 3.63) is 105 Å². The third-order valence-electron chi connectivity index (χ3n) is 5.26. The maximum absolute atomic E-state index is 13.5. The van der Waals surface area contributed by atoms with Crippen molar-refractivity contribution in [3.63, 3.8) is 0 Å². The molecule has 152 valence electrons. The Hall–Kier alpha value is -3.74. The summed E-state index contributed by atoms with van der Waals surface area (Å²) in [7, 11) is 1.69. The van der Waals surface area contributed by atoms with E-state index in [4.69, 9.17) is 0 Å². The van der Waals surface area contributed by atoms with E-state index in [1.807, 2.05) is 30.3 Å². The van der Waals surface area contributed by atoms with Crippen molar-refractivity contribution in [1.29, 1.82) is 0 Å². The molecule has 1 N–H and O–H groups in total. The largest absolute Gasteiger partial charge is 0.334 e. The van der Waals surface area contributed by atoms with E-state index in [-0.39, 0.29) is 23.7 Å². The van der Waals surface area contributed by atoms with Gasteiger partial charge in [0.1, 0.15) is 5.82 Å². The number of fused-ring (bicyclic) bond motifs is 1. The van der Waals surface area contributed by atoms with Crippen molar-refractivity contribution in [1.82, 2.24) is 19.5 Å². The van der Waals surface area contributed by atoms with Crippen molar-refractivity contribution in [3.8, 4) is 0 Å². The summed E-state index contributed by atoms with van der Waals surface area (Å²) in [5.41, 5.74) is 2.77. The van der Waals surface area contributed by atoms with Crippen LogP contribution in [0, 0.1) is 12.7 Å². The van der Waals surface area contributed by atoms with Crippen molar-refractivity contribution in [2.75, 3.05) is 7.05 Å². The number of aryl methyl sites for hydroxylation is 1. The Balaban J connectivity index is 1.70. The van der Waals surface area contributed by atoms with E-state index in [0.717, 1.165) is 11.1 Å². The number of benzene rings is 2. The zero-order valence-electron chi connectivity index (χ0n) is 16.7. The molecule has 0 aliphatic heterocycles. The molecule has 30 heavy (non-hydrogen) atoms. The summed E-state index contributed by atoms with van der Waals surface area (Å²) in [5.74, 6) is -0.574. The molecule has 2 heterocycles. The number of nitrogens with one attached hydrogen (secondary N) is 1. The van der Waals surface area contributed by atoms with Gasteiger partial charge in [-0.1, -0.05) is 42.5 Å². The van der Waals surface area contributed by atoms with E-state index in [1.54, 1.807) is 43.3 Å². The topological polar surface area (TPSA) is 70.5 Å². The Kier molecular flexibility index (Phi) is 5.18. The summed E-state index contributed by atoms with van der Waals surface area (Å²) in [5, 5.41) is 2.82. The SMILES string of the molecule is Cc1nc2cc[nH]n2c(=O)c1CC(=O)N(C)C(c1ccccc1)c1ccc(F)cc1. The fraction of sp³-hybridized carbons (Fsp3) is 0.174. The predicted octanol–water partition coefficient (Wildman–Crippen LogP) is 3.26. The third kappa shape index (κ3) is 3.61. The number of amides is 1. The summed E-state index contributed by atoms with van der Waals surface area (Å²) < 4.78 is 14.8. The lowest BCUT2D eigenvalue weighted by molar-refractivity contribution is -0.130. The van der Waals surface area contributed by atoms with E-state index in [1.165, 1.54) is 16.6 Å². The molecule has 0 aliphatic rings. The minimum atomic E-state index is -0.412. The number of hydrogen-bond acceptors (Lipinski definition) is 3. The molecule has 0 saturated carbocycles. The smallest absolute Gasteiger partial charge is 0.276 e. The first-order chi connectivity index (χ1) is 14.5. The predicted molar refractivity (Wildman–Crippen MR) is 112 cm³/mol. The molecule has 0 bridgehead atoms. The normalized spacial score (nSPS) is 12.1. The number of hydrogen-bond donors (Lipinski definition) is 1. The van der Waals surface area contributed by atoms with Gasteiger partial charge in [-0.05, 0) is 30.2 Å². The van der Waals surface area contributed by atoms with Crippen LogP contribution in [0.1, 0.15) is 28.4 Å². The summed E-state index contributed by atoms with van der Waals surface area (Å²) in [4.78, 5) is 32.0. The van der Waals surface area contributed by atoms with E-state index in [0.29, 0.717) is 16.9 Å². The van der Waals surface area contributed by atoms with Crippen molar-refractivity contribution in [2.45, 2.75) is 19.4 Å². The Labute approximate surface area is 172 Å². The molecule has 0 aliphatic carbocycles. The molecule has 7 heteroatoms. The van der Waals surface area contributed by atoms with Gasteiger partial charge in [-0.3, -0.25) is 14.7 Å². The van der Waals surface area contributed by atoms with Gasteiger partial charge in [0.25, 0.3) is 5.56 Å². The van der Waals surface area contributed by atoms with E-state index in [9.17, 15) is 14.0 Å². The Morgan fingerprint density at radius 1 is 1.10 bits per heavy atom. The standard InChI is InChI=1S/C23H21FN4O2/c1-15-19(23(30)28-20(26-15)12-13-25-28)14-21(29)27(2)22(16-6-4-3-5-7-16)17-8-10-18(24)11-9-17/h3-13,22,25H,14H2,1-2H3. The van der Waals surface area contributed by atoms with Crippen LogP contribution in [0.15, 0.2) is 71.7 Å². The Morgan fingerprint density at radius 3 is 2.47 bits per heavy atom. The summed E-state index contributed by atoms with van der Waals surface area (Å²) in [6.07, 6.45) is 1.54. The molecule has 2 aromatic carbocycles. The van der Waals surface area contributed by atoms with Crippen LogP contribution in [0.2, 0.25) is 0 Å². The van der Waals surface area contributed by atoms with Crippen molar-refractivity contribution in [2.24, 2.45) is 0 Å². The highest BCUT2D eigenvalue weighted by atomic mass is 19.1. The minimum Gasteiger partial charge on any atom is -0.334 e. The molecule has 1 amide bonds. The van der Waals surface area contributed by atoms with Gasteiger partial charge >= 0.3 is 0 Å². The molecule has 1 atom stereocenters. The second-order valence-electron chi connectivity index (χ2n) is 7.18. The highest BCUT2D eigenvalue weighted by Gasteiger charge is 2.25. The number of aromatic nitrogens is 3. The van der Waals surface area contributed by atoms with Crippen LogP contribution in [-0.2, 0) is 11.2 Å². The lowest BCUT2D eigenvalue weighted by Gasteiger charge is -2.29. The zero-order valence-corrected chi connectivity index (χ0v) is 16.7. The van der Waals surface area contributed by atoms with Gasteiger partial charge in [-0.15, -0.1) is 0 Å². The van der Waals surface area contributed by atoms with Crippen LogP contribution in [0.5, 0.6) is 0 Å². The summed E-state index contributed by atoms with van der Waals surface area (Å²) >= 11 is 0. The quantitative estimate of drug-likeness (QED) is 0.555. The van der Waals surface area contributed by atoms with Crippen LogP contribution < -0.4 is 5.56 Å². The second-order valence-corrected chi connectivity index (χ2v) is 7.18. The Bertz CT molecular complexity index is 1250. The number of likely N-dealkylation sites (N-methyl/N-ethyl adjacent to an activating group) is 1. The van der Waals surface area contributed by atoms with Gasteiger partial charge in [0.05, 0.1) is 12.5 Å². The minimum absolute atomic E-state index is 0.0827. The average Bonchev–Trinajstić information content (AvgIpc) is 3.22. The number of aromatic amines is 1. The van der Waals surface area contributed by atoms with Gasteiger partial charge < -0.3 is 4.90 Å². The fourth-order valence-corrected chi connectivity index (χ4v) is 3.65. The van der Waals surface area contributed by atoms with Crippen LogP contribution in [0.3, 0.4) is 0 Å². The molecule has 0 radical (unpaired) electrons. The van der Waals surface area contributed by atoms with Gasteiger partial charge in [-0.25, -0.2) is 13.9 Å². The van der Waals surface area contributed by atoms with Crippen molar-refractivity contribution < 1.29 is 9.18 Å². The maximum Gasteiger partial charge on any atom is 0.276 e. The van der Waals surface area contributed by atoms with Crippen molar-refractivity contribution >= 4 is 11.6 Å². The zero-order chi connectivity index (χ0) is 21.3. The fourth-order valence-electron chi connectivity index (χ4n) is 3.65. The Morgan fingerprint density at radius 2 is 1.77 bits per heavy atom. The monoisotopic (exact) mass is 404 g/mol. The molecular weight excluding hydrogens is 383 g/mol. The first-order valence-electron chi connectivity index (χ1n) is 9.57. The van der Waals surface area contributed by atoms with E-state index < -0.39 is 6.04 Å². The molecule has 1 unspecified atom stereocenters. The molecule has 4 aromatic rings. The van der Waals surface area contributed by atoms with Gasteiger partial charge in [0, 0.05) is 30.6 Å². The molecule has 2 aromatic heterocycles. The van der Waals surface area contributed by atoms with Gasteiger partial charge in [-0.2, -0.15) is 0 Å². The molecule has 6 nitrogen and oxygen atoms in total. The highest BCUT2D eigenvalue weighted by molar-refractivity contribution is 5.79. The van der Waals surface area contributed by atoms with Crippen LogP contribution >= 0.6 is 0 Å². The molecule has 0 spiro atoms. The average molecular weight is 404 g/mol. The number of carbonyl (C=O) groups excluding carboxylic acids is 1. The molecule has 0 saturated heterocycles. The number of nitrogens with zero attached hydrogens (tertiary/aromatic N) is 3.